The Bertz CT molecular complexity index is 377. The summed E-state index contributed by atoms with van der Waals surface area (Å²) in [6, 6.07) is 9.04. The van der Waals surface area contributed by atoms with Gasteiger partial charge in [-0.25, -0.2) is 0 Å². The van der Waals surface area contributed by atoms with Crippen molar-refractivity contribution >= 4 is 0 Å². The molecule has 3 heteroatoms. The van der Waals surface area contributed by atoms with E-state index in [9.17, 15) is 5.11 Å². The van der Waals surface area contributed by atoms with Crippen molar-refractivity contribution in [1.82, 2.24) is 5.32 Å². The second-order valence-electron chi connectivity index (χ2n) is 5.37. The number of rotatable bonds is 6. The van der Waals surface area contributed by atoms with Crippen LogP contribution in [0.4, 0.5) is 0 Å². The monoisotopic (exact) mass is 263 g/mol. The average Bonchev–Trinajstić information content (AvgIpc) is 2.87. The van der Waals surface area contributed by atoms with Gasteiger partial charge in [-0.2, -0.15) is 0 Å². The molecule has 1 saturated carbocycles. The predicted octanol–water partition coefficient (Wildman–Crippen LogP) is 2.90. The Kier molecular flexibility index (Phi) is 5.23. The van der Waals surface area contributed by atoms with Gasteiger partial charge in [-0.3, -0.25) is 0 Å². The van der Waals surface area contributed by atoms with Gasteiger partial charge in [0.15, 0.2) is 0 Å². The van der Waals surface area contributed by atoms with E-state index in [4.69, 9.17) is 4.74 Å². The van der Waals surface area contributed by atoms with E-state index >= 15 is 0 Å². The summed E-state index contributed by atoms with van der Waals surface area (Å²) in [5.41, 5.74) is 1.27. The molecule has 1 aliphatic carbocycles. The number of aliphatic hydroxyl groups excluding tert-OH is 1. The van der Waals surface area contributed by atoms with Gasteiger partial charge in [-0.05, 0) is 50.3 Å². The molecule has 0 amide bonds. The molecule has 1 aromatic rings. The molecule has 0 spiro atoms. The SMILES string of the molecule is CCOc1ccc(C(C)NC2CCCC2CO)cc1. The number of hydrogen-bond acceptors (Lipinski definition) is 3. The van der Waals surface area contributed by atoms with Gasteiger partial charge < -0.3 is 15.2 Å². The third kappa shape index (κ3) is 3.71. The van der Waals surface area contributed by atoms with Crippen LogP contribution in [0.15, 0.2) is 24.3 Å². The minimum absolute atomic E-state index is 0.299. The van der Waals surface area contributed by atoms with Crippen LogP contribution in [0, 0.1) is 5.92 Å². The number of benzene rings is 1. The van der Waals surface area contributed by atoms with Crippen LogP contribution in [-0.4, -0.2) is 24.4 Å². The molecule has 3 unspecified atom stereocenters. The molecule has 0 bridgehead atoms. The van der Waals surface area contributed by atoms with Gasteiger partial charge in [0.2, 0.25) is 0 Å². The summed E-state index contributed by atoms with van der Waals surface area (Å²) in [4.78, 5) is 0. The second-order valence-corrected chi connectivity index (χ2v) is 5.37. The van der Waals surface area contributed by atoms with Crippen molar-refractivity contribution in [1.29, 1.82) is 0 Å². The smallest absolute Gasteiger partial charge is 0.119 e. The molecule has 0 radical (unpaired) electrons. The van der Waals surface area contributed by atoms with Crippen LogP contribution < -0.4 is 10.1 Å². The van der Waals surface area contributed by atoms with Crippen molar-refractivity contribution < 1.29 is 9.84 Å². The fraction of sp³-hybridized carbons (Fsp3) is 0.625. The van der Waals surface area contributed by atoms with E-state index in [-0.39, 0.29) is 0 Å². The molecule has 2 rings (SSSR count). The molecule has 1 fully saturated rings. The lowest BCUT2D eigenvalue weighted by Crippen LogP contribution is -2.35. The second kappa shape index (κ2) is 6.92. The Hall–Kier alpha value is -1.06. The summed E-state index contributed by atoms with van der Waals surface area (Å²) >= 11 is 0. The fourth-order valence-corrected chi connectivity index (χ4v) is 2.91. The Morgan fingerprint density at radius 2 is 2.05 bits per heavy atom. The minimum Gasteiger partial charge on any atom is -0.494 e. The third-order valence-corrected chi connectivity index (χ3v) is 4.05. The fourth-order valence-electron chi connectivity index (χ4n) is 2.91. The summed E-state index contributed by atoms with van der Waals surface area (Å²) in [5.74, 6) is 1.35. The van der Waals surface area contributed by atoms with Gasteiger partial charge in [0, 0.05) is 18.7 Å². The van der Waals surface area contributed by atoms with Crippen molar-refractivity contribution in [2.45, 2.75) is 45.2 Å². The molecule has 0 heterocycles. The predicted molar refractivity (Wildman–Crippen MR) is 77.4 cm³/mol. The van der Waals surface area contributed by atoms with E-state index in [0.29, 0.717) is 31.2 Å². The molecule has 1 aromatic carbocycles. The van der Waals surface area contributed by atoms with Crippen LogP contribution in [0.2, 0.25) is 0 Å². The topological polar surface area (TPSA) is 41.5 Å². The first-order chi connectivity index (χ1) is 9.24. The highest BCUT2D eigenvalue weighted by Gasteiger charge is 2.27. The maximum absolute atomic E-state index is 9.36. The molecule has 3 atom stereocenters. The lowest BCUT2D eigenvalue weighted by atomic mass is 10.0. The molecular weight excluding hydrogens is 238 g/mol. The summed E-state index contributed by atoms with van der Waals surface area (Å²) < 4.78 is 5.46. The molecule has 0 aliphatic heterocycles. The molecule has 106 valence electrons. The lowest BCUT2D eigenvalue weighted by molar-refractivity contribution is 0.200. The standard InChI is InChI=1S/C16H25NO2/c1-3-19-15-9-7-13(8-10-15)12(2)17-16-6-4-5-14(16)11-18/h7-10,12,14,16-18H,3-6,11H2,1-2H3. The van der Waals surface area contributed by atoms with Crippen LogP contribution in [0.1, 0.15) is 44.7 Å². The maximum atomic E-state index is 9.36. The summed E-state index contributed by atoms with van der Waals surface area (Å²) in [7, 11) is 0. The normalized spacial score (nSPS) is 24.4. The molecule has 3 nitrogen and oxygen atoms in total. The summed E-state index contributed by atoms with van der Waals surface area (Å²) in [5, 5.41) is 13.0. The van der Waals surface area contributed by atoms with Gasteiger partial charge >= 0.3 is 0 Å². The van der Waals surface area contributed by atoms with Crippen molar-refractivity contribution in [3.05, 3.63) is 29.8 Å². The van der Waals surface area contributed by atoms with Gasteiger partial charge in [0.05, 0.1) is 6.61 Å². The van der Waals surface area contributed by atoms with Crippen molar-refractivity contribution in [2.24, 2.45) is 5.92 Å². The van der Waals surface area contributed by atoms with E-state index in [1.807, 2.05) is 19.1 Å². The zero-order valence-corrected chi connectivity index (χ0v) is 11.9. The Balaban J connectivity index is 1.93. The number of nitrogens with one attached hydrogen (secondary N) is 1. The van der Waals surface area contributed by atoms with Gasteiger partial charge in [0.25, 0.3) is 0 Å². The van der Waals surface area contributed by atoms with Crippen LogP contribution in [-0.2, 0) is 0 Å². The van der Waals surface area contributed by atoms with Crippen molar-refractivity contribution in [3.8, 4) is 5.75 Å². The van der Waals surface area contributed by atoms with Crippen LogP contribution >= 0.6 is 0 Å². The summed E-state index contributed by atoms with van der Waals surface area (Å²) in [6.07, 6.45) is 3.54. The quantitative estimate of drug-likeness (QED) is 0.829. The first kappa shape index (κ1) is 14.4. The third-order valence-electron chi connectivity index (χ3n) is 4.05. The van der Waals surface area contributed by atoms with Gasteiger partial charge in [-0.15, -0.1) is 0 Å². The van der Waals surface area contributed by atoms with Gasteiger partial charge in [-0.1, -0.05) is 18.6 Å². The van der Waals surface area contributed by atoms with Gasteiger partial charge in [0.1, 0.15) is 5.75 Å². The van der Waals surface area contributed by atoms with E-state index in [0.717, 1.165) is 12.2 Å². The molecule has 19 heavy (non-hydrogen) atoms. The number of aliphatic hydroxyl groups is 1. The van der Waals surface area contributed by atoms with E-state index < -0.39 is 0 Å². The number of hydrogen-bond donors (Lipinski definition) is 2. The van der Waals surface area contributed by atoms with Crippen molar-refractivity contribution in [2.75, 3.05) is 13.2 Å². The lowest BCUT2D eigenvalue weighted by Gasteiger charge is -2.24. The molecule has 2 N–H and O–H groups in total. The van der Waals surface area contributed by atoms with Crippen LogP contribution in [0.3, 0.4) is 0 Å². The Labute approximate surface area is 116 Å². The maximum Gasteiger partial charge on any atom is 0.119 e. The highest BCUT2D eigenvalue weighted by molar-refractivity contribution is 5.29. The summed E-state index contributed by atoms with van der Waals surface area (Å²) in [6.45, 7) is 5.18. The highest BCUT2D eigenvalue weighted by Crippen LogP contribution is 2.28. The molecule has 0 aromatic heterocycles. The van der Waals surface area contributed by atoms with E-state index in [1.54, 1.807) is 0 Å². The average molecular weight is 263 g/mol. The Morgan fingerprint density at radius 1 is 1.32 bits per heavy atom. The van der Waals surface area contributed by atoms with E-state index in [1.165, 1.54) is 18.4 Å². The number of ether oxygens (including phenoxy) is 1. The van der Waals surface area contributed by atoms with Crippen molar-refractivity contribution in [3.63, 3.8) is 0 Å². The largest absolute Gasteiger partial charge is 0.494 e. The molecule has 1 aliphatic rings. The molecular formula is C16H25NO2. The zero-order chi connectivity index (χ0) is 13.7. The molecule has 0 saturated heterocycles. The first-order valence-electron chi connectivity index (χ1n) is 7.34. The van der Waals surface area contributed by atoms with Crippen LogP contribution in [0.5, 0.6) is 5.75 Å². The highest BCUT2D eigenvalue weighted by atomic mass is 16.5. The Morgan fingerprint density at radius 3 is 2.68 bits per heavy atom. The first-order valence-corrected chi connectivity index (χ1v) is 7.34. The van der Waals surface area contributed by atoms with E-state index in [2.05, 4.69) is 24.4 Å². The van der Waals surface area contributed by atoms with Crippen LogP contribution in [0.25, 0.3) is 0 Å². The zero-order valence-electron chi connectivity index (χ0n) is 11.9. The minimum atomic E-state index is 0.299.